The van der Waals surface area contributed by atoms with Crippen molar-refractivity contribution in [3.05, 3.63) is 29.1 Å². The van der Waals surface area contributed by atoms with Crippen LogP contribution in [0.2, 0.25) is 0 Å². The molecule has 18 heavy (non-hydrogen) atoms. The normalized spacial score (nSPS) is 19.9. The van der Waals surface area contributed by atoms with Crippen LogP contribution in [-0.2, 0) is 4.79 Å². The van der Waals surface area contributed by atoms with Gasteiger partial charge in [0.2, 0.25) is 5.91 Å². The maximum atomic E-state index is 13.9. The van der Waals surface area contributed by atoms with Crippen molar-refractivity contribution in [1.29, 1.82) is 0 Å². The van der Waals surface area contributed by atoms with Crippen LogP contribution >= 0.6 is 0 Å². The molecule has 1 aliphatic rings. The summed E-state index contributed by atoms with van der Waals surface area (Å²) < 4.78 is 13.9. The van der Waals surface area contributed by atoms with Gasteiger partial charge in [-0.2, -0.15) is 0 Å². The van der Waals surface area contributed by atoms with Crippen LogP contribution in [-0.4, -0.2) is 11.0 Å². The number of fused-ring (bicyclic) bond motifs is 1. The van der Waals surface area contributed by atoms with Crippen molar-refractivity contribution in [2.45, 2.75) is 39.2 Å². The highest BCUT2D eigenvalue weighted by Gasteiger charge is 2.32. The Morgan fingerprint density at radius 1 is 1.44 bits per heavy atom. The minimum absolute atomic E-state index is 0.00703. The summed E-state index contributed by atoms with van der Waals surface area (Å²) in [7, 11) is 0. The van der Waals surface area contributed by atoms with Gasteiger partial charge in [-0.15, -0.1) is 0 Å². The Balaban J connectivity index is 2.49. The highest BCUT2D eigenvalue weighted by atomic mass is 19.1. The van der Waals surface area contributed by atoms with Crippen LogP contribution in [0.25, 0.3) is 0 Å². The van der Waals surface area contributed by atoms with Gasteiger partial charge in [-0.05, 0) is 29.5 Å². The number of benzene rings is 1. The molecule has 1 aliphatic heterocycles. The SMILES string of the molecule is CCC1C(=O)Nc2c(F)cc(C(O)C(C)C)cc21. The van der Waals surface area contributed by atoms with Crippen LogP contribution in [0.5, 0.6) is 0 Å². The van der Waals surface area contributed by atoms with Crippen molar-refractivity contribution in [3.63, 3.8) is 0 Å². The van der Waals surface area contributed by atoms with E-state index in [-0.39, 0.29) is 23.4 Å². The zero-order valence-corrected chi connectivity index (χ0v) is 10.8. The molecule has 2 N–H and O–H groups in total. The van der Waals surface area contributed by atoms with Crippen LogP contribution < -0.4 is 5.32 Å². The molecule has 0 radical (unpaired) electrons. The second-order valence-electron chi connectivity index (χ2n) is 5.11. The fourth-order valence-corrected chi connectivity index (χ4v) is 2.37. The van der Waals surface area contributed by atoms with Gasteiger partial charge in [0.05, 0.1) is 17.7 Å². The number of halogens is 1. The highest BCUT2D eigenvalue weighted by molar-refractivity contribution is 6.03. The molecule has 1 heterocycles. The van der Waals surface area contributed by atoms with Gasteiger partial charge in [-0.1, -0.05) is 26.8 Å². The number of carbonyl (C=O) groups is 1. The molecule has 0 aromatic heterocycles. The minimum atomic E-state index is -0.710. The number of aliphatic hydroxyl groups excluding tert-OH is 1. The van der Waals surface area contributed by atoms with Gasteiger partial charge in [0, 0.05) is 0 Å². The summed E-state index contributed by atoms with van der Waals surface area (Å²) in [6.45, 7) is 5.63. The smallest absolute Gasteiger partial charge is 0.232 e. The Morgan fingerprint density at radius 2 is 2.11 bits per heavy atom. The summed E-state index contributed by atoms with van der Waals surface area (Å²) >= 11 is 0. The molecular weight excluding hydrogens is 233 g/mol. The van der Waals surface area contributed by atoms with E-state index in [1.54, 1.807) is 6.07 Å². The molecule has 4 heteroatoms. The lowest BCUT2D eigenvalue weighted by Crippen LogP contribution is -2.11. The maximum Gasteiger partial charge on any atom is 0.232 e. The molecule has 2 rings (SSSR count). The molecule has 0 saturated carbocycles. The van der Waals surface area contributed by atoms with Crippen molar-refractivity contribution in [3.8, 4) is 0 Å². The second-order valence-corrected chi connectivity index (χ2v) is 5.11. The molecule has 0 aliphatic carbocycles. The average molecular weight is 251 g/mol. The van der Waals surface area contributed by atoms with Crippen molar-refractivity contribution in [2.24, 2.45) is 5.92 Å². The van der Waals surface area contributed by atoms with E-state index in [1.807, 2.05) is 20.8 Å². The summed E-state index contributed by atoms with van der Waals surface area (Å²) in [6, 6.07) is 3.05. The van der Waals surface area contributed by atoms with Gasteiger partial charge in [0.1, 0.15) is 5.82 Å². The van der Waals surface area contributed by atoms with E-state index < -0.39 is 11.9 Å². The molecule has 2 unspecified atom stereocenters. The lowest BCUT2D eigenvalue weighted by atomic mass is 9.92. The van der Waals surface area contributed by atoms with E-state index in [0.29, 0.717) is 17.5 Å². The van der Waals surface area contributed by atoms with Crippen LogP contribution in [0.3, 0.4) is 0 Å². The number of aliphatic hydroxyl groups is 1. The molecule has 1 amide bonds. The predicted molar refractivity (Wildman–Crippen MR) is 67.9 cm³/mol. The Hall–Kier alpha value is -1.42. The van der Waals surface area contributed by atoms with Crippen LogP contribution in [0, 0.1) is 11.7 Å². The van der Waals surface area contributed by atoms with Crippen LogP contribution in [0.4, 0.5) is 10.1 Å². The van der Waals surface area contributed by atoms with Crippen LogP contribution in [0.15, 0.2) is 12.1 Å². The van der Waals surface area contributed by atoms with Gasteiger partial charge in [-0.25, -0.2) is 4.39 Å². The summed E-state index contributed by atoms with van der Waals surface area (Å²) in [5, 5.41) is 12.6. The zero-order chi connectivity index (χ0) is 13.4. The third-order valence-electron chi connectivity index (χ3n) is 3.46. The molecule has 0 spiro atoms. The number of nitrogens with one attached hydrogen (secondary N) is 1. The monoisotopic (exact) mass is 251 g/mol. The Bertz CT molecular complexity index is 485. The Kier molecular flexibility index (Phi) is 3.39. The van der Waals surface area contributed by atoms with Gasteiger partial charge in [-0.3, -0.25) is 4.79 Å². The van der Waals surface area contributed by atoms with Crippen molar-refractivity contribution >= 4 is 11.6 Å². The van der Waals surface area contributed by atoms with E-state index in [0.717, 1.165) is 0 Å². The van der Waals surface area contributed by atoms with Crippen molar-refractivity contribution in [2.75, 3.05) is 5.32 Å². The first kappa shape index (κ1) is 13.0. The molecule has 0 saturated heterocycles. The summed E-state index contributed by atoms with van der Waals surface area (Å²) in [4.78, 5) is 11.7. The third-order valence-corrected chi connectivity index (χ3v) is 3.46. The van der Waals surface area contributed by atoms with Crippen LogP contribution in [0.1, 0.15) is 50.3 Å². The quantitative estimate of drug-likeness (QED) is 0.867. The predicted octanol–water partition coefficient (Wildman–Crippen LogP) is 2.96. The minimum Gasteiger partial charge on any atom is -0.388 e. The number of hydrogen-bond donors (Lipinski definition) is 2. The highest BCUT2D eigenvalue weighted by Crippen LogP contribution is 2.39. The van der Waals surface area contributed by atoms with Gasteiger partial charge >= 0.3 is 0 Å². The lowest BCUT2D eigenvalue weighted by molar-refractivity contribution is -0.117. The van der Waals surface area contributed by atoms with E-state index in [4.69, 9.17) is 0 Å². The first-order valence-corrected chi connectivity index (χ1v) is 6.28. The standard InChI is InChI=1S/C14H18FNO2/c1-4-9-10-5-8(13(17)7(2)3)6-11(15)12(10)16-14(9)18/h5-7,9,13,17H,4H2,1-3H3,(H,16,18). The van der Waals surface area contributed by atoms with Gasteiger partial charge in [0.25, 0.3) is 0 Å². The molecule has 1 aromatic rings. The number of rotatable bonds is 3. The topological polar surface area (TPSA) is 49.3 Å². The van der Waals surface area contributed by atoms with Crippen molar-refractivity contribution in [1.82, 2.24) is 0 Å². The zero-order valence-electron chi connectivity index (χ0n) is 10.8. The molecule has 1 aromatic carbocycles. The van der Waals surface area contributed by atoms with Gasteiger partial charge < -0.3 is 10.4 Å². The lowest BCUT2D eigenvalue weighted by Gasteiger charge is -2.17. The number of anilines is 1. The number of amides is 1. The van der Waals surface area contributed by atoms with E-state index in [9.17, 15) is 14.3 Å². The molecule has 2 atom stereocenters. The Morgan fingerprint density at radius 3 is 2.67 bits per heavy atom. The first-order chi connectivity index (χ1) is 8.45. The summed E-state index contributed by atoms with van der Waals surface area (Å²) in [5.41, 5.74) is 1.47. The first-order valence-electron chi connectivity index (χ1n) is 6.28. The van der Waals surface area contributed by atoms with E-state index >= 15 is 0 Å². The maximum absolute atomic E-state index is 13.9. The average Bonchev–Trinajstić information content (AvgIpc) is 2.64. The number of hydrogen-bond acceptors (Lipinski definition) is 2. The molecular formula is C14H18FNO2. The second kappa shape index (κ2) is 4.69. The van der Waals surface area contributed by atoms with E-state index in [2.05, 4.69) is 5.32 Å². The fraction of sp³-hybridized carbons (Fsp3) is 0.500. The molecule has 0 bridgehead atoms. The third kappa shape index (κ3) is 2.01. The van der Waals surface area contributed by atoms with Gasteiger partial charge in [0.15, 0.2) is 0 Å². The van der Waals surface area contributed by atoms with Crippen molar-refractivity contribution < 1.29 is 14.3 Å². The summed E-state index contributed by atoms with van der Waals surface area (Å²) in [5.74, 6) is -0.935. The summed E-state index contributed by atoms with van der Waals surface area (Å²) in [6.07, 6.45) is -0.0857. The van der Waals surface area contributed by atoms with E-state index in [1.165, 1.54) is 6.07 Å². The Labute approximate surface area is 106 Å². The molecule has 0 fully saturated rings. The number of carbonyl (C=O) groups excluding carboxylic acids is 1. The molecule has 3 nitrogen and oxygen atoms in total. The fourth-order valence-electron chi connectivity index (χ4n) is 2.37. The molecule has 98 valence electrons. The largest absolute Gasteiger partial charge is 0.388 e.